The van der Waals surface area contributed by atoms with E-state index in [9.17, 15) is 4.79 Å². The van der Waals surface area contributed by atoms with E-state index in [1.54, 1.807) is 0 Å². The van der Waals surface area contributed by atoms with E-state index in [4.69, 9.17) is 5.73 Å². The van der Waals surface area contributed by atoms with E-state index in [0.29, 0.717) is 0 Å². The number of primary amides is 1. The summed E-state index contributed by atoms with van der Waals surface area (Å²) in [7, 11) is 4.04. The fourth-order valence-corrected chi connectivity index (χ4v) is 1.66. The Labute approximate surface area is 98.2 Å². The highest BCUT2D eigenvalue weighted by molar-refractivity contribution is 5.85. The van der Waals surface area contributed by atoms with E-state index < -0.39 is 0 Å². The van der Waals surface area contributed by atoms with Gasteiger partial charge in [-0.15, -0.1) is 24.8 Å². The number of hydrogen-bond donors (Lipinski definition) is 1. The average Bonchev–Trinajstić information content (AvgIpc) is 1.83. The van der Waals surface area contributed by atoms with Crippen LogP contribution in [0.5, 0.6) is 0 Å². The molecule has 86 valence electrons. The molecule has 5 heteroatoms. The molecule has 0 spiro atoms. The standard InChI is InChI=1S/C9H18N2O.2ClH/c1-11(2)7-6-9(8(10)12)4-3-5-9;;/h3-7H2,1-2H3,(H2,10,12);2*1H. The number of rotatable bonds is 4. The first-order chi connectivity index (χ1) is 5.57. The highest BCUT2D eigenvalue weighted by Crippen LogP contribution is 2.43. The van der Waals surface area contributed by atoms with Crippen molar-refractivity contribution in [3.05, 3.63) is 0 Å². The second kappa shape index (κ2) is 6.49. The van der Waals surface area contributed by atoms with Crippen molar-refractivity contribution in [3.63, 3.8) is 0 Å². The number of nitrogens with zero attached hydrogens (tertiary/aromatic N) is 1. The quantitative estimate of drug-likeness (QED) is 0.812. The third kappa shape index (κ3) is 3.64. The maximum Gasteiger partial charge on any atom is 0.223 e. The predicted octanol–water partition coefficient (Wildman–Crippen LogP) is 1.44. The lowest BCUT2D eigenvalue weighted by molar-refractivity contribution is -0.133. The molecule has 0 radical (unpaired) electrons. The van der Waals surface area contributed by atoms with Crippen molar-refractivity contribution >= 4 is 30.7 Å². The molecule has 1 amide bonds. The monoisotopic (exact) mass is 242 g/mol. The minimum absolute atomic E-state index is 0. The molecule has 3 nitrogen and oxygen atoms in total. The van der Waals surface area contributed by atoms with Gasteiger partial charge in [0.05, 0.1) is 5.41 Å². The van der Waals surface area contributed by atoms with Gasteiger partial charge in [-0.25, -0.2) is 0 Å². The molecule has 0 aromatic heterocycles. The number of hydrogen-bond acceptors (Lipinski definition) is 2. The van der Waals surface area contributed by atoms with Crippen molar-refractivity contribution < 1.29 is 4.79 Å². The van der Waals surface area contributed by atoms with Gasteiger partial charge in [0.2, 0.25) is 5.91 Å². The average molecular weight is 243 g/mol. The molecule has 0 bridgehead atoms. The molecule has 1 aliphatic rings. The maximum absolute atomic E-state index is 11.1. The van der Waals surface area contributed by atoms with E-state index in [0.717, 1.165) is 32.2 Å². The van der Waals surface area contributed by atoms with Crippen molar-refractivity contribution in [2.45, 2.75) is 25.7 Å². The van der Waals surface area contributed by atoms with Gasteiger partial charge in [-0.3, -0.25) is 4.79 Å². The minimum Gasteiger partial charge on any atom is -0.369 e. The summed E-state index contributed by atoms with van der Waals surface area (Å²) < 4.78 is 0. The van der Waals surface area contributed by atoms with Crippen LogP contribution < -0.4 is 5.73 Å². The third-order valence-electron chi connectivity index (χ3n) is 2.87. The minimum atomic E-state index is -0.149. The first-order valence-electron chi connectivity index (χ1n) is 4.51. The SMILES string of the molecule is CN(C)CCC1(C(N)=O)CCC1.Cl.Cl. The molecule has 0 unspecified atom stereocenters. The summed E-state index contributed by atoms with van der Waals surface area (Å²) in [6.07, 6.45) is 4.08. The Kier molecular flexibility index (Phi) is 7.62. The summed E-state index contributed by atoms with van der Waals surface area (Å²) >= 11 is 0. The van der Waals surface area contributed by atoms with Crippen LogP contribution in [0.25, 0.3) is 0 Å². The zero-order valence-corrected chi connectivity index (χ0v) is 10.4. The van der Waals surface area contributed by atoms with Crippen LogP contribution in [0.4, 0.5) is 0 Å². The molecule has 1 fully saturated rings. The van der Waals surface area contributed by atoms with Crippen molar-refractivity contribution in [3.8, 4) is 0 Å². The molecule has 0 heterocycles. The highest BCUT2D eigenvalue weighted by atomic mass is 35.5. The van der Waals surface area contributed by atoms with Crippen molar-refractivity contribution in [2.24, 2.45) is 11.1 Å². The van der Waals surface area contributed by atoms with E-state index in [1.807, 2.05) is 14.1 Å². The molecular formula is C9H20Cl2N2O. The third-order valence-corrected chi connectivity index (χ3v) is 2.87. The van der Waals surface area contributed by atoms with Crippen LogP contribution in [0, 0.1) is 5.41 Å². The molecule has 0 aliphatic heterocycles. The van der Waals surface area contributed by atoms with E-state index in [1.165, 1.54) is 0 Å². The summed E-state index contributed by atoms with van der Waals surface area (Å²) in [5.74, 6) is -0.101. The molecule has 0 saturated heterocycles. The lowest BCUT2D eigenvalue weighted by Crippen LogP contribution is -2.44. The molecule has 14 heavy (non-hydrogen) atoms. The summed E-state index contributed by atoms with van der Waals surface area (Å²) in [5.41, 5.74) is 5.21. The van der Waals surface area contributed by atoms with Gasteiger partial charge in [0.15, 0.2) is 0 Å². The second-order valence-electron chi connectivity index (χ2n) is 4.05. The lowest BCUT2D eigenvalue weighted by Gasteiger charge is -2.39. The Morgan fingerprint density at radius 2 is 1.86 bits per heavy atom. The predicted molar refractivity (Wildman–Crippen MR) is 63.1 cm³/mol. The topological polar surface area (TPSA) is 46.3 Å². The van der Waals surface area contributed by atoms with Gasteiger partial charge in [0, 0.05) is 0 Å². The Morgan fingerprint density at radius 3 is 2.07 bits per heavy atom. The molecule has 1 rings (SSSR count). The first kappa shape index (κ1) is 16.4. The molecule has 1 aliphatic carbocycles. The Morgan fingerprint density at radius 1 is 1.36 bits per heavy atom. The van der Waals surface area contributed by atoms with Crippen LogP contribution in [0.2, 0.25) is 0 Å². The van der Waals surface area contributed by atoms with Gasteiger partial charge < -0.3 is 10.6 Å². The summed E-state index contributed by atoms with van der Waals surface area (Å²) in [4.78, 5) is 13.2. The second-order valence-corrected chi connectivity index (χ2v) is 4.05. The fraction of sp³-hybridized carbons (Fsp3) is 0.889. The Balaban J connectivity index is 0. The van der Waals surface area contributed by atoms with E-state index in [2.05, 4.69) is 4.90 Å². The molecule has 0 atom stereocenters. The normalized spacial score (nSPS) is 17.6. The van der Waals surface area contributed by atoms with E-state index in [-0.39, 0.29) is 36.1 Å². The summed E-state index contributed by atoms with van der Waals surface area (Å²) in [6.45, 7) is 0.961. The largest absolute Gasteiger partial charge is 0.369 e. The van der Waals surface area contributed by atoms with Crippen LogP contribution in [0.15, 0.2) is 0 Å². The van der Waals surface area contributed by atoms with E-state index >= 15 is 0 Å². The zero-order chi connectivity index (χ0) is 9.19. The maximum atomic E-state index is 11.1. The van der Waals surface area contributed by atoms with Crippen LogP contribution in [-0.2, 0) is 4.79 Å². The zero-order valence-electron chi connectivity index (χ0n) is 8.78. The molecule has 0 aromatic carbocycles. The number of halogens is 2. The molecule has 1 saturated carbocycles. The number of carbonyl (C=O) groups is 1. The van der Waals surface area contributed by atoms with Crippen LogP contribution in [0.1, 0.15) is 25.7 Å². The van der Waals surface area contributed by atoms with Gasteiger partial charge in [-0.1, -0.05) is 6.42 Å². The Hall–Kier alpha value is 0.01000. The van der Waals surface area contributed by atoms with Crippen molar-refractivity contribution in [1.29, 1.82) is 0 Å². The van der Waals surface area contributed by atoms with Gasteiger partial charge in [0.25, 0.3) is 0 Å². The van der Waals surface area contributed by atoms with Gasteiger partial charge in [0.1, 0.15) is 0 Å². The van der Waals surface area contributed by atoms with Gasteiger partial charge >= 0.3 is 0 Å². The lowest BCUT2D eigenvalue weighted by atomic mass is 9.66. The van der Waals surface area contributed by atoms with Gasteiger partial charge in [-0.05, 0) is 39.9 Å². The number of amides is 1. The molecular weight excluding hydrogens is 223 g/mol. The number of nitrogens with two attached hydrogens (primary N) is 1. The van der Waals surface area contributed by atoms with Crippen LogP contribution in [0.3, 0.4) is 0 Å². The Bertz CT molecular complexity index is 182. The van der Waals surface area contributed by atoms with Crippen molar-refractivity contribution in [1.82, 2.24) is 4.90 Å². The van der Waals surface area contributed by atoms with Crippen LogP contribution >= 0.6 is 24.8 Å². The summed E-state index contributed by atoms with van der Waals surface area (Å²) in [6, 6.07) is 0. The first-order valence-corrected chi connectivity index (χ1v) is 4.51. The van der Waals surface area contributed by atoms with Crippen molar-refractivity contribution in [2.75, 3.05) is 20.6 Å². The summed E-state index contributed by atoms with van der Waals surface area (Å²) in [5, 5.41) is 0. The smallest absolute Gasteiger partial charge is 0.223 e. The number of carbonyl (C=O) groups excluding carboxylic acids is 1. The highest BCUT2D eigenvalue weighted by Gasteiger charge is 2.41. The van der Waals surface area contributed by atoms with Gasteiger partial charge in [-0.2, -0.15) is 0 Å². The fourth-order valence-electron chi connectivity index (χ4n) is 1.66. The molecule has 2 N–H and O–H groups in total. The molecule has 0 aromatic rings. The van der Waals surface area contributed by atoms with Crippen LogP contribution in [-0.4, -0.2) is 31.4 Å².